The first-order valence-corrected chi connectivity index (χ1v) is 13.5. The van der Waals surface area contributed by atoms with Crippen LogP contribution in [0.25, 0.3) is 0 Å². The smallest absolute Gasteiger partial charge is 0.246 e. The number of hydrogen-bond donors (Lipinski definition) is 2. The van der Waals surface area contributed by atoms with Gasteiger partial charge in [-0.05, 0) is 50.5 Å². The van der Waals surface area contributed by atoms with Crippen LogP contribution >= 0.6 is 0 Å². The molecular formula is C28H37N3O6. The number of carbonyl (C=O) groups excluding carboxylic acids is 3. The summed E-state index contributed by atoms with van der Waals surface area (Å²) < 4.78 is 17.1. The number of methoxy groups -OCH3 is 1. The van der Waals surface area contributed by atoms with Gasteiger partial charge in [0.05, 0.1) is 24.5 Å². The fraction of sp³-hybridized carbons (Fsp3) is 0.607. The number of carbonyl (C=O) groups is 3. The highest BCUT2D eigenvalue weighted by Gasteiger charge is 2.72. The maximum absolute atomic E-state index is 13.9. The molecule has 4 aliphatic rings. The maximum Gasteiger partial charge on any atom is 0.246 e. The van der Waals surface area contributed by atoms with Gasteiger partial charge in [-0.15, -0.1) is 0 Å². The molecule has 9 heteroatoms. The molecule has 0 radical (unpaired) electrons. The highest BCUT2D eigenvalue weighted by molar-refractivity contribution is 6.02. The highest BCUT2D eigenvalue weighted by atomic mass is 16.5. The molecule has 37 heavy (non-hydrogen) atoms. The number of amides is 3. The molecule has 3 aliphatic heterocycles. The van der Waals surface area contributed by atoms with Gasteiger partial charge in [0.1, 0.15) is 17.4 Å². The summed E-state index contributed by atoms with van der Waals surface area (Å²) in [6, 6.07) is 6.43. The van der Waals surface area contributed by atoms with Crippen LogP contribution in [0.4, 0.5) is 5.69 Å². The monoisotopic (exact) mass is 511 g/mol. The first-order valence-electron chi connectivity index (χ1n) is 13.5. The Morgan fingerprint density at radius 3 is 2.59 bits per heavy atom. The number of likely N-dealkylation sites (tertiary alicyclic amines) is 1. The first kappa shape index (κ1) is 25.7. The molecule has 3 heterocycles. The molecule has 2 saturated heterocycles. The number of fused-ring (bicyclic) bond motifs is 1. The molecule has 1 aromatic carbocycles. The summed E-state index contributed by atoms with van der Waals surface area (Å²) in [6.45, 7) is 3.30. The minimum Gasteiger partial charge on any atom is -0.494 e. The predicted molar refractivity (Wildman–Crippen MR) is 137 cm³/mol. The van der Waals surface area contributed by atoms with Crippen molar-refractivity contribution in [3.8, 4) is 5.75 Å². The second-order valence-corrected chi connectivity index (χ2v) is 10.4. The van der Waals surface area contributed by atoms with Crippen LogP contribution in [0.3, 0.4) is 0 Å². The van der Waals surface area contributed by atoms with Gasteiger partial charge in [0.25, 0.3) is 0 Å². The Balaban J connectivity index is 1.38. The maximum atomic E-state index is 13.9. The van der Waals surface area contributed by atoms with Crippen LogP contribution in [-0.4, -0.2) is 73.3 Å². The van der Waals surface area contributed by atoms with Crippen molar-refractivity contribution in [1.82, 2.24) is 10.2 Å². The van der Waals surface area contributed by atoms with Crippen molar-refractivity contribution in [2.24, 2.45) is 11.8 Å². The summed E-state index contributed by atoms with van der Waals surface area (Å²) >= 11 is 0. The summed E-state index contributed by atoms with van der Waals surface area (Å²) in [7, 11) is 1.61. The fourth-order valence-corrected chi connectivity index (χ4v) is 6.44. The lowest BCUT2D eigenvalue weighted by Crippen LogP contribution is -2.56. The SMILES string of the molecule is CCOc1ccc(NC(=O)[C@H]2[C@H]3C=C[C@@]4(O3)[C@H]2C(=O)N(CCCOC)[C@@H]4C(=O)NC2CCCCC2)cc1. The van der Waals surface area contributed by atoms with E-state index in [2.05, 4.69) is 10.6 Å². The van der Waals surface area contributed by atoms with Crippen LogP contribution in [-0.2, 0) is 23.9 Å². The Morgan fingerprint density at radius 2 is 1.89 bits per heavy atom. The standard InChI is InChI=1S/C28H37N3O6/c1-3-36-20-12-10-19(11-13-20)29-25(32)22-21-14-15-28(37-21)23(22)27(34)31(16-7-17-35-2)24(28)26(33)30-18-8-5-4-6-9-18/h10-15,18,21-24H,3-9,16-17H2,1-2H3,(H,29,32)(H,30,33)/t21-,22+,23-,24-,28-/m1/s1. The second-order valence-electron chi connectivity index (χ2n) is 10.4. The molecule has 200 valence electrons. The van der Waals surface area contributed by atoms with Crippen LogP contribution in [0.5, 0.6) is 5.75 Å². The normalized spacial score (nSPS) is 30.4. The molecule has 1 spiro atoms. The van der Waals surface area contributed by atoms with E-state index in [9.17, 15) is 14.4 Å². The number of nitrogens with zero attached hydrogens (tertiary/aromatic N) is 1. The van der Waals surface area contributed by atoms with E-state index in [-0.39, 0.29) is 23.8 Å². The van der Waals surface area contributed by atoms with Crippen molar-refractivity contribution in [3.63, 3.8) is 0 Å². The molecule has 3 fully saturated rings. The van der Waals surface area contributed by atoms with Crippen LogP contribution < -0.4 is 15.4 Å². The van der Waals surface area contributed by atoms with Gasteiger partial charge >= 0.3 is 0 Å². The Morgan fingerprint density at radius 1 is 1.14 bits per heavy atom. The number of ether oxygens (including phenoxy) is 3. The van der Waals surface area contributed by atoms with Gasteiger partial charge < -0.3 is 29.7 Å². The van der Waals surface area contributed by atoms with Crippen molar-refractivity contribution >= 4 is 23.4 Å². The zero-order chi connectivity index (χ0) is 26.0. The van der Waals surface area contributed by atoms with Crippen molar-refractivity contribution in [1.29, 1.82) is 0 Å². The molecular weight excluding hydrogens is 474 g/mol. The average Bonchev–Trinajstić information content (AvgIpc) is 3.54. The quantitative estimate of drug-likeness (QED) is 0.370. The van der Waals surface area contributed by atoms with Crippen molar-refractivity contribution in [2.45, 2.75) is 69.2 Å². The van der Waals surface area contributed by atoms with Crippen LogP contribution in [0.2, 0.25) is 0 Å². The summed E-state index contributed by atoms with van der Waals surface area (Å²) in [5.41, 5.74) is -0.530. The Kier molecular flexibility index (Phi) is 7.53. The molecule has 5 atom stereocenters. The number of nitrogens with one attached hydrogen (secondary N) is 2. The van der Waals surface area contributed by atoms with E-state index >= 15 is 0 Å². The van der Waals surface area contributed by atoms with E-state index in [4.69, 9.17) is 14.2 Å². The second kappa shape index (κ2) is 10.8. The number of anilines is 1. The van der Waals surface area contributed by atoms with Crippen LogP contribution in [0.1, 0.15) is 45.4 Å². The molecule has 0 aromatic heterocycles. The average molecular weight is 512 g/mol. The topological polar surface area (TPSA) is 106 Å². The molecule has 1 aromatic rings. The number of hydrogen-bond acceptors (Lipinski definition) is 6. The van der Waals surface area contributed by atoms with E-state index in [0.29, 0.717) is 31.9 Å². The van der Waals surface area contributed by atoms with Gasteiger partial charge in [0.15, 0.2) is 0 Å². The number of benzene rings is 1. The molecule has 2 N–H and O–H groups in total. The van der Waals surface area contributed by atoms with Gasteiger partial charge in [0, 0.05) is 32.0 Å². The van der Waals surface area contributed by atoms with Crippen molar-refractivity contribution in [2.75, 3.05) is 32.2 Å². The molecule has 0 unspecified atom stereocenters. The van der Waals surface area contributed by atoms with Crippen molar-refractivity contribution < 1.29 is 28.6 Å². The zero-order valence-corrected chi connectivity index (χ0v) is 21.6. The Bertz CT molecular complexity index is 1040. The third kappa shape index (κ3) is 4.75. The highest BCUT2D eigenvalue weighted by Crippen LogP contribution is 2.55. The molecule has 1 aliphatic carbocycles. The molecule has 3 amide bonds. The third-order valence-electron chi connectivity index (χ3n) is 8.06. The molecule has 2 bridgehead atoms. The van der Waals surface area contributed by atoms with Crippen molar-refractivity contribution in [3.05, 3.63) is 36.4 Å². The minimum absolute atomic E-state index is 0.106. The molecule has 1 saturated carbocycles. The van der Waals surface area contributed by atoms with E-state index in [1.54, 1.807) is 36.3 Å². The summed E-state index contributed by atoms with van der Waals surface area (Å²) in [5.74, 6) is -1.45. The van der Waals surface area contributed by atoms with Gasteiger partial charge in [-0.25, -0.2) is 0 Å². The zero-order valence-electron chi connectivity index (χ0n) is 21.6. The molecule has 5 rings (SSSR count). The first-order chi connectivity index (χ1) is 18.0. The van der Waals surface area contributed by atoms with E-state index in [1.165, 1.54) is 6.42 Å². The van der Waals surface area contributed by atoms with Gasteiger partial charge in [-0.1, -0.05) is 31.4 Å². The van der Waals surface area contributed by atoms with Gasteiger partial charge in [-0.2, -0.15) is 0 Å². The van der Waals surface area contributed by atoms with Crippen LogP contribution in [0, 0.1) is 11.8 Å². The Hall–Kier alpha value is -2.91. The Labute approximate surface area is 217 Å². The number of rotatable bonds is 10. The van der Waals surface area contributed by atoms with E-state index < -0.39 is 29.6 Å². The van der Waals surface area contributed by atoms with E-state index in [0.717, 1.165) is 31.4 Å². The summed E-state index contributed by atoms with van der Waals surface area (Å²) in [5, 5.41) is 6.15. The lowest BCUT2D eigenvalue weighted by Gasteiger charge is -2.34. The largest absolute Gasteiger partial charge is 0.494 e. The lowest BCUT2D eigenvalue weighted by molar-refractivity contribution is -0.141. The molecule has 9 nitrogen and oxygen atoms in total. The predicted octanol–water partition coefficient (Wildman–Crippen LogP) is 2.66. The minimum atomic E-state index is -1.14. The fourth-order valence-electron chi connectivity index (χ4n) is 6.44. The van der Waals surface area contributed by atoms with Crippen LogP contribution in [0.15, 0.2) is 36.4 Å². The lowest BCUT2D eigenvalue weighted by atomic mass is 9.74. The van der Waals surface area contributed by atoms with Gasteiger partial charge in [0.2, 0.25) is 17.7 Å². The summed E-state index contributed by atoms with van der Waals surface area (Å²) in [6.07, 6.45) is 8.98. The summed E-state index contributed by atoms with van der Waals surface area (Å²) in [4.78, 5) is 42.7. The van der Waals surface area contributed by atoms with E-state index in [1.807, 2.05) is 19.1 Å². The third-order valence-corrected chi connectivity index (χ3v) is 8.06. The van der Waals surface area contributed by atoms with Gasteiger partial charge in [-0.3, -0.25) is 14.4 Å².